The van der Waals surface area contributed by atoms with Gasteiger partial charge in [0.15, 0.2) is 0 Å². The van der Waals surface area contributed by atoms with E-state index in [9.17, 15) is 48.6 Å². The fourth-order valence-corrected chi connectivity index (χ4v) is 7.27. The molecule has 14 heteroatoms. The van der Waals surface area contributed by atoms with Crippen LogP contribution in [0.5, 0.6) is 0 Å². The molecule has 0 radical (unpaired) electrons. The van der Waals surface area contributed by atoms with Crippen LogP contribution >= 0.6 is 0 Å². The number of hydrogen-bond acceptors (Lipinski definition) is 10. The standard InChI is InChI=1S/C27H51NO5.C25H47NO5.2C6H12O.CH4/c1-5-33-22-18-16-14-12-10-8-6-7-9-11-13-15-17-19-25(30)28-23(26(31)32)20-21-24(29)27(2,3)4;1-25(2,3)22(28)19-18-21(24(30)31)26-23(29)17-15-13-11-9-7-5-4-6-8-10-12-14-16-20-27;2*1-5(7)6(2,3)4;/h23H,5-22H2,1-4H3,(H,28,30)(H,31,32);21,27H,4-20H2,1-3H3,(H,26,29)(H,30,31);2*1-4H3;1H4/t23-;21-;;;/m00.../s1. The number of aliphatic carboxylic acids is 2. The van der Waals surface area contributed by atoms with Crippen LogP contribution in [0.2, 0.25) is 0 Å². The Hall–Kier alpha value is -3.52. The minimum absolute atomic E-state index is 0. The van der Waals surface area contributed by atoms with Crippen molar-refractivity contribution in [3.63, 3.8) is 0 Å². The molecule has 0 heterocycles. The van der Waals surface area contributed by atoms with Gasteiger partial charge in [-0.2, -0.15) is 0 Å². The molecule has 0 unspecified atom stereocenters. The van der Waals surface area contributed by atoms with Crippen LogP contribution in [-0.4, -0.2) is 94.1 Å². The molecule has 468 valence electrons. The summed E-state index contributed by atoms with van der Waals surface area (Å²) in [6.45, 7) is 29.7. The van der Waals surface area contributed by atoms with E-state index in [-0.39, 0.29) is 78.9 Å². The Morgan fingerprint density at radius 3 is 0.810 bits per heavy atom. The average molecular weight is 1130 g/mol. The predicted molar refractivity (Wildman–Crippen MR) is 326 cm³/mol. The monoisotopic (exact) mass is 1130 g/mol. The van der Waals surface area contributed by atoms with Crippen LogP contribution < -0.4 is 10.6 Å². The van der Waals surface area contributed by atoms with Gasteiger partial charge in [0.1, 0.15) is 35.2 Å². The van der Waals surface area contributed by atoms with E-state index in [4.69, 9.17) is 9.84 Å². The molecule has 2 atom stereocenters. The average Bonchev–Trinajstić information content (AvgIpc) is 3.33. The predicted octanol–water partition coefficient (Wildman–Crippen LogP) is 15.7. The Balaban J connectivity index is -0.000000367. The molecule has 0 aromatic rings. The van der Waals surface area contributed by atoms with E-state index < -0.39 is 34.9 Å². The van der Waals surface area contributed by atoms with E-state index in [1.165, 1.54) is 116 Å². The number of unbranched alkanes of at least 4 members (excludes halogenated alkanes) is 24. The molecular weight excluding hydrogens is 1000 g/mol. The summed E-state index contributed by atoms with van der Waals surface area (Å²) in [4.78, 5) is 91.8. The van der Waals surface area contributed by atoms with Crippen molar-refractivity contribution >= 4 is 46.9 Å². The highest BCUT2D eigenvalue weighted by atomic mass is 16.5. The van der Waals surface area contributed by atoms with Crippen molar-refractivity contribution in [2.75, 3.05) is 19.8 Å². The van der Waals surface area contributed by atoms with Gasteiger partial charge in [0.25, 0.3) is 0 Å². The first-order valence-electron chi connectivity index (χ1n) is 30.6. The van der Waals surface area contributed by atoms with Crippen molar-refractivity contribution in [2.24, 2.45) is 21.7 Å². The number of carboxylic acid groups (broad SMARTS) is 2. The van der Waals surface area contributed by atoms with Gasteiger partial charge in [0.2, 0.25) is 11.8 Å². The van der Waals surface area contributed by atoms with E-state index in [1.54, 1.807) is 13.8 Å². The van der Waals surface area contributed by atoms with Crippen molar-refractivity contribution in [3.8, 4) is 0 Å². The number of ketones is 4. The number of carbonyl (C=O) groups excluding carboxylic acids is 6. The molecule has 0 bridgehead atoms. The molecule has 2 amide bonds. The largest absolute Gasteiger partial charge is 0.480 e. The Bertz CT molecular complexity index is 1560. The van der Waals surface area contributed by atoms with Gasteiger partial charge in [-0.1, -0.05) is 232 Å². The molecule has 0 aromatic heterocycles. The number of ether oxygens (including phenoxy) is 1. The summed E-state index contributed by atoms with van der Waals surface area (Å²) in [5, 5.41) is 32.5. The molecule has 0 aliphatic rings. The lowest BCUT2D eigenvalue weighted by Crippen LogP contribution is -2.41. The molecule has 0 spiro atoms. The molecule has 0 saturated heterocycles. The van der Waals surface area contributed by atoms with Gasteiger partial charge in [-0.25, -0.2) is 9.59 Å². The maximum atomic E-state index is 12.1. The molecule has 0 rings (SSSR count). The molecule has 0 fully saturated rings. The number of aliphatic hydroxyl groups is 1. The Morgan fingerprint density at radius 1 is 0.380 bits per heavy atom. The molecule has 0 aliphatic heterocycles. The van der Waals surface area contributed by atoms with Crippen LogP contribution in [0, 0.1) is 21.7 Å². The smallest absolute Gasteiger partial charge is 0.326 e. The zero-order valence-corrected chi connectivity index (χ0v) is 52.9. The first-order valence-corrected chi connectivity index (χ1v) is 30.6. The lowest BCUT2D eigenvalue weighted by molar-refractivity contribution is -0.142. The van der Waals surface area contributed by atoms with Crippen LogP contribution in [0.4, 0.5) is 0 Å². The highest BCUT2D eigenvalue weighted by Crippen LogP contribution is 2.21. The Kier molecular flexibility index (Phi) is 54.8. The fourth-order valence-electron chi connectivity index (χ4n) is 7.27. The van der Waals surface area contributed by atoms with Crippen molar-refractivity contribution in [2.45, 2.75) is 329 Å². The summed E-state index contributed by atoms with van der Waals surface area (Å²) in [7, 11) is 0. The molecule has 0 aromatic carbocycles. The zero-order chi connectivity index (χ0) is 60.6. The van der Waals surface area contributed by atoms with Gasteiger partial charge >= 0.3 is 11.9 Å². The molecule has 5 N–H and O–H groups in total. The fraction of sp³-hybridized carbons (Fsp3) is 0.877. The lowest BCUT2D eigenvalue weighted by atomic mass is 9.87. The Morgan fingerprint density at radius 2 is 0.608 bits per heavy atom. The number of hydrogen-bond donors (Lipinski definition) is 5. The van der Waals surface area contributed by atoms with E-state index in [0.717, 1.165) is 64.6 Å². The van der Waals surface area contributed by atoms with Crippen molar-refractivity contribution in [3.05, 3.63) is 0 Å². The van der Waals surface area contributed by atoms with E-state index in [1.807, 2.05) is 90.0 Å². The molecule has 79 heavy (non-hydrogen) atoms. The maximum absolute atomic E-state index is 12.1. The summed E-state index contributed by atoms with van der Waals surface area (Å²) >= 11 is 0. The topological polar surface area (TPSA) is 231 Å². The second kappa shape index (κ2) is 51.4. The van der Waals surface area contributed by atoms with Gasteiger partial charge in [0.05, 0.1) is 0 Å². The lowest BCUT2D eigenvalue weighted by Gasteiger charge is -2.19. The first-order chi connectivity index (χ1) is 36.2. The summed E-state index contributed by atoms with van der Waals surface area (Å²) < 4.78 is 5.35. The molecular formula is C65H126N2O12. The third-order valence-corrected chi connectivity index (χ3v) is 13.8. The van der Waals surface area contributed by atoms with Gasteiger partial charge < -0.3 is 30.7 Å². The van der Waals surface area contributed by atoms with Crippen LogP contribution in [-0.2, 0) is 43.1 Å². The number of nitrogens with one attached hydrogen (secondary N) is 2. The SMILES string of the molecule is C.CC(=O)C(C)(C)C.CC(=O)C(C)(C)C.CC(C)(C)C(=O)CC[C@H](NC(=O)CCCCCCCCCCCCCCCO)C(=O)O.CCOCCCCCCCCCCCCCCCC(=O)N[C@@H](CCC(=O)C(C)(C)C)C(=O)O. The minimum Gasteiger partial charge on any atom is -0.480 e. The van der Waals surface area contributed by atoms with Crippen molar-refractivity contribution in [1.29, 1.82) is 0 Å². The van der Waals surface area contributed by atoms with Crippen LogP contribution in [0.1, 0.15) is 317 Å². The third-order valence-electron chi connectivity index (χ3n) is 13.8. The van der Waals surface area contributed by atoms with E-state index >= 15 is 0 Å². The number of Topliss-reactive ketones (excluding diaryl/α,β-unsaturated/α-hetero) is 4. The summed E-state index contributed by atoms with van der Waals surface area (Å²) in [5.41, 5.74) is -1.26. The second-order valence-corrected chi connectivity index (χ2v) is 25.6. The van der Waals surface area contributed by atoms with E-state index in [0.29, 0.717) is 19.4 Å². The van der Waals surface area contributed by atoms with Crippen molar-refractivity contribution in [1.82, 2.24) is 10.6 Å². The summed E-state index contributed by atoms with van der Waals surface area (Å²) in [6.07, 6.45) is 32.1. The number of carbonyl (C=O) groups is 8. The number of rotatable bonds is 42. The second-order valence-electron chi connectivity index (χ2n) is 25.6. The third kappa shape index (κ3) is 60.4. The summed E-state index contributed by atoms with van der Waals surface area (Å²) in [5.74, 6) is -2.13. The van der Waals surface area contributed by atoms with Crippen molar-refractivity contribution < 1.29 is 58.4 Å². The number of amides is 2. The molecule has 0 aliphatic carbocycles. The summed E-state index contributed by atoms with van der Waals surface area (Å²) in [6, 6.07) is -1.98. The normalized spacial score (nSPS) is 12.2. The van der Waals surface area contributed by atoms with Gasteiger partial charge in [-0.3, -0.25) is 28.8 Å². The quantitative estimate of drug-likeness (QED) is 0.0360. The maximum Gasteiger partial charge on any atom is 0.326 e. The number of aliphatic hydroxyl groups excluding tert-OH is 1. The molecule has 14 nitrogen and oxygen atoms in total. The van der Waals surface area contributed by atoms with Gasteiger partial charge in [-0.15, -0.1) is 0 Å². The van der Waals surface area contributed by atoms with E-state index in [2.05, 4.69) is 10.6 Å². The minimum atomic E-state index is -1.08. The first kappa shape index (κ1) is 84.3. The molecule has 0 saturated carbocycles. The highest BCUT2D eigenvalue weighted by Gasteiger charge is 2.27. The van der Waals surface area contributed by atoms with Crippen LogP contribution in [0.15, 0.2) is 0 Å². The van der Waals surface area contributed by atoms with Gasteiger partial charge in [0, 0.05) is 67.2 Å². The zero-order valence-electron chi connectivity index (χ0n) is 52.9. The highest BCUT2D eigenvalue weighted by molar-refractivity contribution is 5.87. The Labute approximate surface area is 484 Å². The van der Waals surface area contributed by atoms with Crippen LogP contribution in [0.25, 0.3) is 0 Å². The van der Waals surface area contributed by atoms with Gasteiger partial charge in [-0.05, 0) is 59.3 Å². The number of carboxylic acids is 2. The van der Waals surface area contributed by atoms with Crippen LogP contribution in [0.3, 0.4) is 0 Å².